The van der Waals surface area contributed by atoms with Gasteiger partial charge < -0.3 is 17.5 Å². The normalized spacial score (nSPS) is 14.0. The van der Waals surface area contributed by atoms with E-state index in [0.717, 1.165) is 32.1 Å². The van der Waals surface area contributed by atoms with Crippen LogP contribution in [0, 0.1) is 0 Å². The van der Waals surface area contributed by atoms with Crippen molar-refractivity contribution in [1.29, 1.82) is 0 Å². The largest absolute Gasteiger partial charge is 1.00 e. The first-order valence-electron chi connectivity index (χ1n) is 19.7. The zero-order valence-corrected chi connectivity index (χ0v) is 31.8. The summed E-state index contributed by atoms with van der Waals surface area (Å²) in [4.78, 5) is 25.6. The van der Waals surface area contributed by atoms with Crippen molar-refractivity contribution in [2.24, 2.45) is 0 Å². The topological polar surface area (TPSA) is 66.4 Å². The van der Waals surface area contributed by atoms with E-state index >= 15 is 0 Å². The lowest BCUT2D eigenvalue weighted by atomic mass is 9.90. The number of rotatable bonds is 34. The highest BCUT2D eigenvalue weighted by molar-refractivity contribution is 5.78. The molecule has 5 nitrogen and oxygen atoms in total. The van der Waals surface area contributed by atoms with Crippen LogP contribution in [0.2, 0.25) is 0 Å². The van der Waals surface area contributed by atoms with Gasteiger partial charge in [-0.25, -0.2) is 14.8 Å². The number of nitrogens with one attached hydrogen (secondary N) is 1. The number of carbonyl (C=O) groups is 2. The van der Waals surface area contributed by atoms with Gasteiger partial charge in [-0.1, -0.05) is 181 Å². The van der Waals surface area contributed by atoms with E-state index in [9.17, 15) is 14.7 Å². The minimum atomic E-state index is -1.01. The van der Waals surface area contributed by atoms with E-state index in [1.807, 2.05) is 14.0 Å². The van der Waals surface area contributed by atoms with Gasteiger partial charge in [-0.3, -0.25) is 4.79 Å². The highest BCUT2D eigenvalue weighted by atomic mass is 35.5. The summed E-state index contributed by atoms with van der Waals surface area (Å²) in [6.07, 6.45) is 36.7. The van der Waals surface area contributed by atoms with Crippen LogP contribution < -0.4 is 17.8 Å². The number of amides is 1. The molecule has 0 aliphatic rings. The van der Waals surface area contributed by atoms with Crippen LogP contribution in [0.15, 0.2) is 0 Å². The molecule has 0 bridgehead atoms. The van der Waals surface area contributed by atoms with E-state index in [4.69, 9.17) is 0 Å². The number of likely N-dealkylation sites (N-methyl/N-ethyl adjacent to an activating group) is 1. The van der Waals surface area contributed by atoms with E-state index in [1.54, 1.807) is 0 Å². The number of carbonyl (C=O) groups excluding carboxylic acids is 1. The molecular weight excluding hydrogens is 580 g/mol. The fourth-order valence-corrected chi connectivity index (χ4v) is 6.74. The van der Waals surface area contributed by atoms with E-state index in [0.29, 0.717) is 19.4 Å². The lowest BCUT2D eigenvalue weighted by Crippen LogP contribution is -3.00. The van der Waals surface area contributed by atoms with Crippen molar-refractivity contribution >= 4 is 11.9 Å². The number of carboxylic acids is 1. The molecule has 6 heteroatoms. The lowest BCUT2D eigenvalue weighted by Gasteiger charge is -2.45. The molecule has 0 aromatic carbocycles. The smallest absolute Gasteiger partial charge is 0.367 e. The average Bonchev–Trinajstić information content (AvgIpc) is 2.99. The van der Waals surface area contributed by atoms with Gasteiger partial charge in [0, 0.05) is 19.8 Å². The summed E-state index contributed by atoms with van der Waals surface area (Å²) in [6.45, 7) is 9.09. The van der Waals surface area contributed by atoms with Gasteiger partial charge >= 0.3 is 5.97 Å². The summed E-state index contributed by atoms with van der Waals surface area (Å²) in [7, 11) is 1.92. The van der Waals surface area contributed by atoms with Crippen molar-refractivity contribution in [3.8, 4) is 0 Å². The second kappa shape index (κ2) is 31.8. The Morgan fingerprint density at radius 2 is 0.844 bits per heavy atom. The molecule has 0 radical (unpaired) electrons. The number of nitrogens with zero attached hydrogens (tertiary/aromatic N) is 1. The average molecular weight is 660 g/mol. The monoisotopic (exact) mass is 659 g/mol. The lowest BCUT2D eigenvalue weighted by molar-refractivity contribution is -0.980. The Hall–Kier alpha value is -0.810. The number of aliphatic carboxylic acids is 1. The van der Waals surface area contributed by atoms with Gasteiger partial charge in [-0.15, -0.1) is 0 Å². The highest BCUT2D eigenvalue weighted by Crippen LogP contribution is 2.29. The molecule has 0 aliphatic carbocycles. The summed E-state index contributed by atoms with van der Waals surface area (Å²) in [6, 6.07) is 0. The van der Waals surface area contributed by atoms with Crippen LogP contribution in [-0.2, 0) is 9.59 Å². The van der Waals surface area contributed by atoms with Gasteiger partial charge in [0.25, 0.3) is 5.91 Å². The van der Waals surface area contributed by atoms with E-state index in [-0.39, 0.29) is 22.9 Å². The van der Waals surface area contributed by atoms with Gasteiger partial charge in [0.1, 0.15) is 6.54 Å². The molecule has 0 saturated carbocycles. The summed E-state index contributed by atoms with van der Waals surface area (Å²) in [5, 5.41) is 10.3. The van der Waals surface area contributed by atoms with E-state index in [1.165, 1.54) is 148 Å². The molecule has 0 spiro atoms. The first kappa shape index (κ1) is 46.3. The molecule has 0 fully saturated rings. The second-order valence-electron chi connectivity index (χ2n) is 14.4. The zero-order valence-electron chi connectivity index (χ0n) is 31.0. The number of hydrogen-bond donors (Lipinski definition) is 2. The molecule has 0 aromatic rings. The van der Waals surface area contributed by atoms with Crippen molar-refractivity contribution in [1.82, 2.24) is 5.43 Å². The predicted octanol–water partition coefficient (Wildman–Crippen LogP) is 9.07. The molecule has 45 heavy (non-hydrogen) atoms. The molecule has 0 aliphatic heterocycles. The Labute approximate surface area is 287 Å². The summed E-state index contributed by atoms with van der Waals surface area (Å²) >= 11 is 0. The zero-order chi connectivity index (χ0) is 32.8. The first-order chi connectivity index (χ1) is 21.3. The SMILES string of the molecule is CCCCCCCCCCCCCCCCCC(=O)N[N+](C)(CCC)C(C)(CCCCCCCCCCCCCC)C(=O)O.[Cl-]. The Morgan fingerprint density at radius 3 is 1.16 bits per heavy atom. The number of quaternary nitrogens is 1. The van der Waals surface area contributed by atoms with Crippen LogP contribution in [0.1, 0.15) is 220 Å². The Bertz CT molecular complexity index is 677. The van der Waals surface area contributed by atoms with Gasteiger partial charge in [0.05, 0.1) is 7.05 Å². The predicted molar refractivity (Wildman–Crippen MR) is 191 cm³/mol. The van der Waals surface area contributed by atoms with Crippen molar-refractivity contribution < 1.29 is 31.7 Å². The van der Waals surface area contributed by atoms with Crippen LogP contribution in [-0.4, -0.2) is 40.7 Å². The van der Waals surface area contributed by atoms with Crippen molar-refractivity contribution in [2.45, 2.75) is 226 Å². The van der Waals surface area contributed by atoms with Crippen LogP contribution in [0.4, 0.5) is 0 Å². The molecule has 0 aromatic heterocycles. The summed E-state index contributed by atoms with van der Waals surface area (Å²) in [5.74, 6) is -0.804. The van der Waals surface area contributed by atoms with E-state index in [2.05, 4.69) is 26.2 Å². The number of halogens is 1. The van der Waals surface area contributed by atoms with Crippen LogP contribution >= 0.6 is 0 Å². The maximum Gasteiger partial charge on any atom is 0.367 e. The van der Waals surface area contributed by atoms with Crippen molar-refractivity contribution in [2.75, 3.05) is 13.6 Å². The Balaban J connectivity index is 0. The number of carboxylic acid groups (broad SMARTS) is 1. The number of hydrogen-bond acceptors (Lipinski definition) is 2. The van der Waals surface area contributed by atoms with Gasteiger partial charge in [-0.05, 0) is 19.3 Å². The fourth-order valence-electron chi connectivity index (χ4n) is 6.74. The molecule has 270 valence electrons. The van der Waals surface area contributed by atoms with E-state index < -0.39 is 11.5 Å². The maximum absolute atomic E-state index is 13.0. The molecule has 0 heterocycles. The first-order valence-corrected chi connectivity index (χ1v) is 19.7. The fraction of sp³-hybridized carbons (Fsp3) is 0.949. The second-order valence-corrected chi connectivity index (χ2v) is 14.4. The Kier molecular flexibility index (Phi) is 32.7. The third-order valence-electron chi connectivity index (χ3n) is 10.1. The van der Waals surface area contributed by atoms with Gasteiger partial charge in [0.2, 0.25) is 5.54 Å². The Morgan fingerprint density at radius 1 is 0.533 bits per heavy atom. The number of unbranched alkanes of at least 4 members (excludes halogenated alkanes) is 25. The maximum atomic E-state index is 13.0. The summed E-state index contributed by atoms with van der Waals surface area (Å²) in [5.41, 5.74) is 2.16. The molecule has 2 atom stereocenters. The molecule has 0 rings (SSSR count). The quantitative estimate of drug-likeness (QED) is 0.0412. The minimum absolute atomic E-state index is 0. The minimum Gasteiger partial charge on any atom is -1.00 e. The summed E-state index contributed by atoms with van der Waals surface area (Å²) < 4.78 is 0.0917. The third-order valence-corrected chi connectivity index (χ3v) is 10.1. The highest BCUT2D eigenvalue weighted by Gasteiger charge is 2.51. The standard InChI is InChI=1S/C39H78N2O3.ClH/c1-6-9-11-13-15-17-19-21-22-23-24-26-28-30-32-34-37(42)40-41(5,36-8-3)39(4,38(43)44)35-33-31-29-27-25-20-18-16-14-12-10-7-2;/h6-36H2,1-5H3,(H-,40,42,43,44);1H. The molecule has 1 amide bonds. The van der Waals surface area contributed by atoms with Crippen molar-refractivity contribution in [3.63, 3.8) is 0 Å². The van der Waals surface area contributed by atoms with Crippen molar-refractivity contribution in [3.05, 3.63) is 0 Å². The molecular formula is C39H79ClN2O3. The van der Waals surface area contributed by atoms with Crippen LogP contribution in [0.3, 0.4) is 0 Å². The van der Waals surface area contributed by atoms with Crippen LogP contribution in [0.5, 0.6) is 0 Å². The molecule has 0 saturated heterocycles. The van der Waals surface area contributed by atoms with Crippen LogP contribution in [0.25, 0.3) is 0 Å². The van der Waals surface area contributed by atoms with Gasteiger partial charge in [-0.2, -0.15) is 0 Å². The van der Waals surface area contributed by atoms with Gasteiger partial charge in [0.15, 0.2) is 0 Å². The molecule has 2 unspecified atom stereocenters. The third kappa shape index (κ3) is 24.1. The molecule has 2 N–H and O–H groups in total.